The topological polar surface area (TPSA) is 29.5 Å². The Kier molecular flexibility index (Phi) is 5.45. The molecule has 148 valence electrons. The maximum atomic E-state index is 11.4. The summed E-state index contributed by atoms with van der Waals surface area (Å²) in [7, 11) is 1.73. The highest BCUT2D eigenvalue weighted by Gasteiger charge is 2.29. The molecule has 27 heavy (non-hydrogen) atoms. The van der Waals surface area contributed by atoms with E-state index in [4.69, 9.17) is 4.74 Å². The fraction of sp³-hybridized carbons (Fsp3) is 0.520. The summed E-state index contributed by atoms with van der Waals surface area (Å²) in [6.45, 7) is 21.5. The van der Waals surface area contributed by atoms with E-state index in [9.17, 15) is 5.11 Å². The van der Waals surface area contributed by atoms with Crippen molar-refractivity contribution in [1.29, 1.82) is 0 Å². The van der Waals surface area contributed by atoms with Crippen molar-refractivity contribution in [1.82, 2.24) is 0 Å². The first-order chi connectivity index (χ1) is 12.2. The molecule has 0 aliphatic carbocycles. The molecule has 0 amide bonds. The summed E-state index contributed by atoms with van der Waals surface area (Å²) in [6.07, 6.45) is 0. The molecule has 0 aromatic heterocycles. The maximum absolute atomic E-state index is 11.4. The van der Waals surface area contributed by atoms with Crippen LogP contribution in [0, 0.1) is 27.7 Å². The van der Waals surface area contributed by atoms with Crippen molar-refractivity contribution in [3.63, 3.8) is 0 Å². The molecule has 0 atom stereocenters. The van der Waals surface area contributed by atoms with Crippen LogP contribution < -0.4 is 4.74 Å². The number of aromatic hydroxyl groups is 1. The lowest BCUT2D eigenvalue weighted by atomic mass is 9.78. The van der Waals surface area contributed by atoms with Gasteiger partial charge in [-0.1, -0.05) is 53.7 Å². The first kappa shape index (κ1) is 21.3. The van der Waals surface area contributed by atoms with E-state index in [1.165, 1.54) is 16.7 Å². The van der Waals surface area contributed by atoms with Crippen molar-refractivity contribution in [3.05, 3.63) is 45.5 Å². The molecule has 0 spiro atoms. The van der Waals surface area contributed by atoms with Gasteiger partial charge >= 0.3 is 0 Å². The Bertz CT molecular complexity index is 875. The van der Waals surface area contributed by atoms with Crippen molar-refractivity contribution >= 4 is 0 Å². The van der Waals surface area contributed by atoms with Gasteiger partial charge in [0.1, 0.15) is 11.5 Å². The summed E-state index contributed by atoms with van der Waals surface area (Å²) >= 11 is 0. The molecule has 2 nitrogen and oxygen atoms in total. The number of ether oxygens (including phenoxy) is 1. The van der Waals surface area contributed by atoms with E-state index in [2.05, 4.69) is 81.4 Å². The third kappa shape index (κ3) is 3.72. The molecule has 0 fully saturated rings. The zero-order chi connectivity index (χ0) is 20.9. The fourth-order valence-electron chi connectivity index (χ4n) is 3.74. The molecular weight excluding hydrogens is 332 g/mol. The highest BCUT2D eigenvalue weighted by atomic mass is 16.5. The van der Waals surface area contributed by atoms with Crippen LogP contribution >= 0.6 is 0 Å². The largest absolute Gasteiger partial charge is 0.507 e. The summed E-state index contributed by atoms with van der Waals surface area (Å²) in [5, 5.41) is 11.4. The van der Waals surface area contributed by atoms with Crippen molar-refractivity contribution in [2.45, 2.75) is 80.1 Å². The average Bonchev–Trinajstić information content (AvgIpc) is 2.52. The van der Waals surface area contributed by atoms with Crippen LogP contribution in [-0.2, 0) is 10.8 Å². The minimum absolute atomic E-state index is 0.0568. The van der Waals surface area contributed by atoms with Crippen molar-refractivity contribution in [2.75, 3.05) is 7.11 Å². The molecule has 0 aliphatic rings. The summed E-state index contributed by atoms with van der Waals surface area (Å²) in [5.41, 5.74) is 8.53. The molecule has 0 heterocycles. The summed E-state index contributed by atoms with van der Waals surface area (Å²) in [4.78, 5) is 0. The molecule has 1 N–H and O–H groups in total. The third-order valence-electron chi connectivity index (χ3n) is 5.69. The monoisotopic (exact) mass is 368 g/mol. The van der Waals surface area contributed by atoms with Gasteiger partial charge in [-0.3, -0.25) is 0 Å². The number of aryl methyl sites for hydroxylation is 2. The van der Waals surface area contributed by atoms with E-state index in [-0.39, 0.29) is 10.8 Å². The highest BCUT2D eigenvalue weighted by molar-refractivity contribution is 5.85. The molecule has 0 aliphatic heterocycles. The molecule has 2 heteroatoms. The zero-order valence-corrected chi connectivity index (χ0v) is 19.0. The second-order valence-corrected chi connectivity index (χ2v) is 9.86. The standard InChI is InChI=1S/C25H36O2/c1-14-12-18(24(5,6)7)22(26)20(16(14)3)21-17(4)15(2)13-19(23(21)27-11)25(8,9)10/h12-13,26H,1-11H3. The van der Waals surface area contributed by atoms with Gasteiger partial charge in [0, 0.05) is 22.3 Å². The van der Waals surface area contributed by atoms with Crippen LogP contribution in [-0.4, -0.2) is 12.2 Å². The molecule has 2 aromatic carbocycles. The molecule has 2 rings (SSSR count). The Hall–Kier alpha value is -1.96. The SMILES string of the molecule is COc1c(C(C)(C)C)cc(C)c(C)c1-c1c(C)c(C)cc(C(C)(C)C)c1O. The van der Waals surface area contributed by atoms with Gasteiger partial charge in [-0.25, -0.2) is 0 Å². The molecule has 2 aromatic rings. The van der Waals surface area contributed by atoms with Crippen LogP contribution in [0.25, 0.3) is 11.1 Å². The van der Waals surface area contributed by atoms with Crippen LogP contribution in [0.5, 0.6) is 11.5 Å². The van der Waals surface area contributed by atoms with Crippen LogP contribution in [0.2, 0.25) is 0 Å². The first-order valence-corrected chi connectivity index (χ1v) is 9.74. The minimum Gasteiger partial charge on any atom is -0.507 e. The molecular formula is C25H36O2. The third-order valence-corrected chi connectivity index (χ3v) is 5.69. The van der Waals surface area contributed by atoms with E-state index in [0.29, 0.717) is 5.75 Å². The zero-order valence-electron chi connectivity index (χ0n) is 19.0. The van der Waals surface area contributed by atoms with Crippen LogP contribution in [0.15, 0.2) is 12.1 Å². The Morgan fingerprint density at radius 1 is 0.704 bits per heavy atom. The Morgan fingerprint density at radius 3 is 1.52 bits per heavy atom. The summed E-state index contributed by atoms with van der Waals surface area (Å²) in [5.74, 6) is 1.24. The maximum Gasteiger partial charge on any atom is 0.130 e. The lowest BCUT2D eigenvalue weighted by Crippen LogP contribution is -2.16. The Labute approximate surface area is 165 Å². The van der Waals surface area contributed by atoms with Gasteiger partial charge in [-0.15, -0.1) is 0 Å². The van der Waals surface area contributed by atoms with E-state index >= 15 is 0 Å². The van der Waals surface area contributed by atoms with Gasteiger partial charge < -0.3 is 9.84 Å². The van der Waals surface area contributed by atoms with E-state index < -0.39 is 0 Å². The second kappa shape index (κ2) is 6.89. The summed E-state index contributed by atoms with van der Waals surface area (Å²) in [6, 6.07) is 4.35. The number of benzene rings is 2. The number of phenols is 1. The lowest BCUT2D eigenvalue weighted by Gasteiger charge is -2.29. The van der Waals surface area contributed by atoms with Gasteiger partial charge in [-0.05, 0) is 60.8 Å². The van der Waals surface area contributed by atoms with Gasteiger partial charge in [-0.2, -0.15) is 0 Å². The minimum atomic E-state index is -0.144. The molecule has 0 radical (unpaired) electrons. The van der Waals surface area contributed by atoms with Crippen LogP contribution in [0.1, 0.15) is 74.9 Å². The normalized spacial score (nSPS) is 12.4. The van der Waals surface area contributed by atoms with Crippen molar-refractivity contribution in [2.24, 2.45) is 0 Å². The molecule has 0 saturated heterocycles. The van der Waals surface area contributed by atoms with Crippen molar-refractivity contribution < 1.29 is 9.84 Å². The predicted molar refractivity (Wildman–Crippen MR) is 116 cm³/mol. The van der Waals surface area contributed by atoms with Crippen LogP contribution in [0.4, 0.5) is 0 Å². The van der Waals surface area contributed by atoms with Gasteiger partial charge in [0.25, 0.3) is 0 Å². The van der Waals surface area contributed by atoms with E-state index in [1.807, 2.05) is 0 Å². The van der Waals surface area contributed by atoms with Crippen LogP contribution in [0.3, 0.4) is 0 Å². The van der Waals surface area contributed by atoms with E-state index in [0.717, 1.165) is 33.6 Å². The van der Waals surface area contributed by atoms with E-state index in [1.54, 1.807) is 7.11 Å². The Balaban J connectivity index is 3.07. The van der Waals surface area contributed by atoms with Gasteiger partial charge in [0.15, 0.2) is 0 Å². The summed E-state index contributed by atoms with van der Waals surface area (Å²) < 4.78 is 5.96. The first-order valence-electron chi connectivity index (χ1n) is 9.74. The number of hydrogen-bond acceptors (Lipinski definition) is 2. The molecule has 0 saturated carbocycles. The fourth-order valence-corrected chi connectivity index (χ4v) is 3.74. The van der Waals surface area contributed by atoms with Gasteiger partial charge in [0.05, 0.1) is 7.11 Å². The second-order valence-electron chi connectivity index (χ2n) is 9.86. The van der Waals surface area contributed by atoms with Crippen molar-refractivity contribution in [3.8, 4) is 22.6 Å². The smallest absolute Gasteiger partial charge is 0.130 e. The number of hydrogen-bond donors (Lipinski definition) is 1. The Morgan fingerprint density at radius 2 is 1.11 bits per heavy atom. The average molecular weight is 369 g/mol. The quantitative estimate of drug-likeness (QED) is 0.625. The highest BCUT2D eigenvalue weighted by Crippen LogP contribution is 2.49. The number of methoxy groups -OCH3 is 1. The number of phenolic OH excluding ortho intramolecular Hbond substituents is 1. The number of rotatable bonds is 2. The molecule has 0 unspecified atom stereocenters. The van der Waals surface area contributed by atoms with Gasteiger partial charge in [0.2, 0.25) is 0 Å². The lowest BCUT2D eigenvalue weighted by molar-refractivity contribution is 0.398. The predicted octanol–water partition coefficient (Wildman–Crippen LogP) is 6.90. The molecule has 0 bridgehead atoms.